The van der Waals surface area contributed by atoms with E-state index in [1.165, 1.54) is 6.42 Å². The topological polar surface area (TPSA) is 47.0 Å². The fraction of sp³-hybridized carbons (Fsp3) is 0.429. The van der Waals surface area contributed by atoms with Crippen molar-refractivity contribution in [3.63, 3.8) is 0 Å². The molecule has 0 bridgehead atoms. The Morgan fingerprint density at radius 1 is 1.37 bits per heavy atom. The third kappa shape index (κ3) is 2.38. The molecule has 100 valence electrons. The second-order valence-corrected chi connectivity index (χ2v) is 5.41. The summed E-state index contributed by atoms with van der Waals surface area (Å²) in [5.74, 6) is 0.838. The predicted octanol–water partition coefficient (Wildman–Crippen LogP) is 3.26. The van der Waals surface area contributed by atoms with Gasteiger partial charge in [0.2, 0.25) is 0 Å². The molecule has 0 radical (unpaired) electrons. The Morgan fingerprint density at radius 3 is 2.89 bits per heavy atom. The van der Waals surface area contributed by atoms with E-state index >= 15 is 0 Å². The quantitative estimate of drug-likeness (QED) is 0.932. The number of hydrogen-bond acceptors (Lipinski definition) is 4. The summed E-state index contributed by atoms with van der Waals surface area (Å²) < 4.78 is 5.60. The van der Waals surface area contributed by atoms with Gasteiger partial charge in [-0.15, -0.1) is 0 Å². The van der Waals surface area contributed by atoms with E-state index in [1.807, 2.05) is 18.2 Å². The maximum absolute atomic E-state index is 5.97. The van der Waals surface area contributed by atoms with Gasteiger partial charge in [-0.05, 0) is 37.5 Å². The van der Waals surface area contributed by atoms with E-state index in [2.05, 4.69) is 15.3 Å². The number of nitrogens with zero attached hydrogens (tertiary/aromatic N) is 2. The van der Waals surface area contributed by atoms with Crippen LogP contribution >= 0.6 is 11.6 Å². The molecule has 1 aliphatic carbocycles. The minimum atomic E-state index is -0.0241. The fourth-order valence-corrected chi connectivity index (χ4v) is 2.61. The highest BCUT2D eigenvalue weighted by atomic mass is 35.5. The molecule has 1 saturated carbocycles. The van der Waals surface area contributed by atoms with Crippen LogP contribution in [0.3, 0.4) is 0 Å². The van der Waals surface area contributed by atoms with Crippen LogP contribution in [-0.2, 0) is 4.74 Å². The SMILES string of the molecule is COC1(CNc2ncnc3cc(Cl)ccc23)CCC1. The van der Waals surface area contributed by atoms with Crippen LogP contribution in [0, 0.1) is 0 Å². The van der Waals surface area contributed by atoms with Crippen molar-refractivity contribution in [1.29, 1.82) is 0 Å². The van der Waals surface area contributed by atoms with E-state index < -0.39 is 0 Å². The number of benzene rings is 1. The van der Waals surface area contributed by atoms with E-state index in [4.69, 9.17) is 16.3 Å². The van der Waals surface area contributed by atoms with Crippen molar-refractivity contribution in [3.05, 3.63) is 29.5 Å². The van der Waals surface area contributed by atoms with Gasteiger partial charge in [-0.25, -0.2) is 9.97 Å². The number of rotatable bonds is 4. The van der Waals surface area contributed by atoms with Gasteiger partial charge in [-0.3, -0.25) is 0 Å². The first-order valence-electron chi connectivity index (χ1n) is 6.42. The lowest BCUT2D eigenvalue weighted by atomic mass is 9.80. The highest BCUT2D eigenvalue weighted by Gasteiger charge is 2.36. The van der Waals surface area contributed by atoms with E-state index in [-0.39, 0.29) is 5.60 Å². The van der Waals surface area contributed by atoms with Crippen molar-refractivity contribution in [3.8, 4) is 0 Å². The average Bonchev–Trinajstić information content (AvgIpc) is 2.37. The van der Waals surface area contributed by atoms with Crippen LogP contribution in [0.15, 0.2) is 24.5 Å². The molecular formula is C14H16ClN3O. The Labute approximate surface area is 117 Å². The Balaban J connectivity index is 1.84. The van der Waals surface area contributed by atoms with Gasteiger partial charge in [-0.2, -0.15) is 0 Å². The monoisotopic (exact) mass is 277 g/mol. The first-order valence-corrected chi connectivity index (χ1v) is 6.80. The second kappa shape index (κ2) is 4.94. The highest BCUT2D eigenvalue weighted by molar-refractivity contribution is 6.31. The van der Waals surface area contributed by atoms with Crippen LogP contribution in [-0.4, -0.2) is 29.2 Å². The summed E-state index contributed by atoms with van der Waals surface area (Å²) in [6.45, 7) is 0.776. The zero-order valence-electron chi connectivity index (χ0n) is 10.8. The van der Waals surface area contributed by atoms with E-state index in [0.717, 1.165) is 36.1 Å². The molecule has 1 aromatic heterocycles. The zero-order valence-corrected chi connectivity index (χ0v) is 11.6. The lowest BCUT2D eigenvalue weighted by Crippen LogP contribution is -2.45. The Kier molecular flexibility index (Phi) is 3.29. The van der Waals surface area contributed by atoms with Crippen molar-refractivity contribution in [2.24, 2.45) is 0 Å². The molecule has 0 atom stereocenters. The van der Waals surface area contributed by atoms with Crippen LogP contribution in [0.1, 0.15) is 19.3 Å². The molecule has 1 fully saturated rings. The number of methoxy groups -OCH3 is 1. The molecule has 3 rings (SSSR count). The maximum Gasteiger partial charge on any atom is 0.137 e. The van der Waals surface area contributed by atoms with Crippen molar-refractivity contribution < 1.29 is 4.74 Å². The van der Waals surface area contributed by atoms with Crippen LogP contribution in [0.4, 0.5) is 5.82 Å². The first kappa shape index (κ1) is 12.6. The number of fused-ring (bicyclic) bond motifs is 1. The smallest absolute Gasteiger partial charge is 0.137 e. The van der Waals surface area contributed by atoms with Gasteiger partial charge < -0.3 is 10.1 Å². The molecular weight excluding hydrogens is 262 g/mol. The summed E-state index contributed by atoms with van der Waals surface area (Å²) in [4.78, 5) is 8.55. The first-order chi connectivity index (χ1) is 9.22. The second-order valence-electron chi connectivity index (χ2n) is 4.98. The summed E-state index contributed by atoms with van der Waals surface area (Å²) in [6, 6.07) is 5.65. The van der Waals surface area contributed by atoms with Gasteiger partial charge in [0.1, 0.15) is 12.1 Å². The molecule has 0 aliphatic heterocycles. The largest absolute Gasteiger partial charge is 0.376 e. The van der Waals surface area contributed by atoms with Crippen molar-refractivity contribution in [2.75, 3.05) is 19.0 Å². The molecule has 1 heterocycles. The number of ether oxygens (including phenoxy) is 1. The molecule has 0 saturated heterocycles. The molecule has 1 N–H and O–H groups in total. The summed E-state index contributed by atoms with van der Waals surface area (Å²) >= 11 is 5.97. The minimum Gasteiger partial charge on any atom is -0.376 e. The van der Waals surface area contributed by atoms with Gasteiger partial charge in [0.15, 0.2) is 0 Å². The lowest BCUT2D eigenvalue weighted by molar-refractivity contribution is -0.0601. The highest BCUT2D eigenvalue weighted by Crippen LogP contribution is 2.35. The van der Waals surface area contributed by atoms with Gasteiger partial charge >= 0.3 is 0 Å². The normalized spacial score (nSPS) is 17.2. The Morgan fingerprint density at radius 2 is 2.21 bits per heavy atom. The van der Waals surface area contributed by atoms with Gasteiger partial charge in [-0.1, -0.05) is 11.6 Å². The molecule has 5 heteroatoms. The van der Waals surface area contributed by atoms with Crippen molar-refractivity contribution in [1.82, 2.24) is 9.97 Å². The van der Waals surface area contributed by atoms with Gasteiger partial charge in [0.25, 0.3) is 0 Å². The average molecular weight is 278 g/mol. The Bertz CT molecular complexity index is 593. The number of halogens is 1. The molecule has 1 aromatic carbocycles. The molecule has 4 nitrogen and oxygen atoms in total. The number of nitrogens with one attached hydrogen (secondary N) is 1. The summed E-state index contributed by atoms with van der Waals surface area (Å²) in [5, 5.41) is 5.05. The van der Waals surface area contributed by atoms with Gasteiger partial charge in [0.05, 0.1) is 11.1 Å². The molecule has 2 aromatic rings. The van der Waals surface area contributed by atoms with Crippen LogP contribution in [0.5, 0.6) is 0 Å². The van der Waals surface area contributed by atoms with E-state index in [0.29, 0.717) is 5.02 Å². The number of hydrogen-bond donors (Lipinski definition) is 1. The number of aromatic nitrogens is 2. The van der Waals surface area contributed by atoms with Crippen LogP contribution in [0.25, 0.3) is 10.9 Å². The molecule has 0 spiro atoms. The third-order valence-corrected chi connectivity index (χ3v) is 4.11. The minimum absolute atomic E-state index is 0.0241. The third-order valence-electron chi connectivity index (χ3n) is 3.87. The van der Waals surface area contributed by atoms with Crippen LogP contribution in [0.2, 0.25) is 5.02 Å². The maximum atomic E-state index is 5.97. The zero-order chi connectivity index (χ0) is 13.3. The predicted molar refractivity (Wildman–Crippen MR) is 76.6 cm³/mol. The Hall–Kier alpha value is -1.39. The van der Waals surface area contributed by atoms with E-state index in [9.17, 15) is 0 Å². The van der Waals surface area contributed by atoms with Crippen molar-refractivity contribution >= 4 is 28.3 Å². The molecule has 0 amide bonds. The molecule has 0 unspecified atom stereocenters. The van der Waals surface area contributed by atoms with Gasteiger partial charge in [0, 0.05) is 24.1 Å². The summed E-state index contributed by atoms with van der Waals surface area (Å²) in [6.07, 6.45) is 4.99. The molecule has 1 aliphatic rings. The number of anilines is 1. The van der Waals surface area contributed by atoms with Crippen LogP contribution < -0.4 is 5.32 Å². The lowest BCUT2D eigenvalue weighted by Gasteiger charge is -2.40. The fourth-order valence-electron chi connectivity index (χ4n) is 2.44. The summed E-state index contributed by atoms with van der Waals surface area (Å²) in [7, 11) is 1.78. The summed E-state index contributed by atoms with van der Waals surface area (Å²) in [5.41, 5.74) is 0.828. The van der Waals surface area contributed by atoms with E-state index in [1.54, 1.807) is 13.4 Å². The standard InChI is InChI=1S/C14H16ClN3O/c1-19-14(5-2-6-14)8-16-13-11-4-3-10(15)7-12(11)17-9-18-13/h3-4,7,9H,2,5-6,8H2,1H3,(H,16,17,18). The van der Waals surface area contributed by atoms with Crippen molar-refractivity contribution in [2.45, 2.75) is 24.9 Å². The molecule has 19 heavy (non-hydrogen) atoms.